The Morgan fingerprint density at radius 2 is 1.59 bits per heavy atom. The van der Waals surface area contributed by atoms with Crippen molar-refractivity contribution >= 4 is 34.6 Å². The minimum atomic E-state index is -1.16. The van der Waals surface area contributed by atoms with E-state index in [2.05, 4.69) is 49.2 Å². The summed E-state index contributed by atoms with van der Waals surface area (Å²) in [5.74, 6) is -0.410. The maximum atomic E-state index is 12.8. The van der Waals surface area contributed by atoms with E-state index in [0.717, 1.165) is 55.4 Å². The molecular weight excluding hydrogens is 667 g/mol. The number of ether oxygens (including phenoxy) is 3. The van der Waals surface area contributed by atoms with E-state index in [4.69, 9.17) is 37.4 Å². The Labute approximate surface area is 294 Å². The molecule has 2 saturated heterocycles. The fourth-order valence-corrected chi connectivity index (χ4v) is 6.79. The van der Waals surface area contributed by atoms with Crippen molar-refractivity contribution in [2.45, 2.75) is 44.7 Å². The molecule has 12 nitrogen and oxygen atoms in total. The van der Waals surface area contributed by atoms with Gasteiger partial charge in [0.15, 0.2) is 0 Å². The third kappa shape index (κ3) is 7.04. The van der Waals surface area contributed by atoms with E-state index in [9.17, 15) is 4.79 Å². The Morgan fingerprint density at radius 3 is 2.22 bits per heavy atom. The van der Waals surface area contributed by atoms with Crippen LogP contribution >= 0.6 is 23.2 Å². The molecule has 2 aliphatic heterocycles. The van der Waals surface area contributed by atoms with Gasteiger partial charge in [0.1, 0.15) is 44.0 Å². The largest absolute Gasteiger partial charge is 0.491 e. The highest BCUT2D eigenvalue weighted by Crippen LogP contribution is 2.40. The quantitative estimate of drug-likeness (QED) is 0.174. The topological polar surface area (TPSA) is 105 Å². The monoisotopic (exact) mass is 704 g/mol. The molecule has 0 aliphatic carbocycles. The number of anilines is 2. The first kappa shape index (κ1) is 33.2. The number of nitrogens with zero attached hydrogens (tertiary/aromatic N) is 8. The predicted octanol–water partition coefficient (Wildman–Crippen LogP) is 5.58. The zero-order valence-electron chi connectivity index (χ0n) is 27.4. The van der Waals surface area contributed by atoms with Crippen molar-refractivity contribution in [2.75, 3.05) is 49.2 Å². The predicted molar refractivity (Wildman–Crippen MR) is 188 cm³/mol. The van der Waals surface area contributed by atoms with Crippen LogP contribution in [0.5, 0.6) is 5.75 Å². The van der Waals surface area contributed by atoms with Gasteiger partial charge in [0, 0.05) is 48.1 Å². The van der Waals surface area contributed by atoms with Crippen molar-refractivity contribution < 1.29 is 14.2 Å². The lowest BCUT2D eigenvalue weighted by Gasteiger charge is -2.37. The Hall–Kier alpha value is -4.36. The van der Waals surface area contributed by atoms with Crippen molar-refractivity contribution in [3.05, 3.63) is 112 Å². The molecule has 0 N–H and O–H groups in total. The number of rotatable bonds is 11. The van der Waals surface area contributed by atoms with E-state index in [1.807, 2.05) is 44.2 Å². The molecule has 256 valence electrons. The molecule has 7 rings (SSSR count). The van der Waals surface area contributed by atoms with Crippen LogP contribution in [0.25, 0.3) is 5.69 Å². The summed E-state index contributed by atoms with van der Waals surface area (Å²) < 4.78 is 23.7. The normalized spacial score (nSPS) is 20.1. The molecule has 49 heavy (non-hydrogen) atoms. The highest BCUT2D eigenvalue weighted by molar-refractivity contribution is 6.35. The third-order valence-electron chi connectivity index (χ3n) is 9.15. The molecular formula is C35H38Cl2N8O4. The van der Waals surface area contributed by atoms with Crippen molar-refractivity contribution in [3.8, 4) is 11.4 Å². The van der Waals surface area contributed by atoms with Gasteiger partial charge in [0.05, 0.1) is 23.4 Å². The van der Waals surface area contributed by atoms with Crippen molar-refractivity contribution in [3.63, 3.8) is 0 Å². The summed E-state index contributed by atoms with van der Waals surface area (Å²) in [6.45, 7) is 8.48. The fourth-order valence-electron chi connectivity index (χ4n) is 6.24. The number of piperazine rings is 1. The van der Waals surface area contributed by atoms with Crippen molar-refractivity contribution in [1.82, 2.24) is 29.1 Å². The number of hydrogen-bond acceptors (Lipinski definition) is 9. The number of hydrogen-bond donors (Lipinski definition) is 0. The number of aromatic nitrogens is 6. The van der Waals surface area contributed by atoms with Gasteiger partial charge >= 0.3 is 5.69 Å². The minimum absolute atomic E-state index is 0.0645. The second-order valence-electron chi connectivity index (χ2n) is 12.3. The molecule has 3 atom stereocenters. The van der Waals surface area contributed by atoms with Crippen LogP contribution in [-0.4, -0.2) is 74.6 Å². The maximum Gasteiger partial charge on any atom is 0.350 e. The molecule has 0 saturated carbocycles. The van der Waals surface area contributed by atoms with Crippen LogP contribution in [0.2, 0.25) is 10.0 Å². The van der Waals surface area contributed by atoms with Gasteiger partial charge < -0.3 is 24.0 Å². The molecule has 2 aliphatic rings. The van der Waals surface area contributed by atoms with Crippen molar-refractivity contribution in [1.29, 1.82) is 0 Å². The highest BCUT2D eigenvalue weighted by atomic mass is 35.5. The second-order valence-corrected chi connectivity index (χ2v) is 13.1. The second kappa shape index (κ2) is 14.2. The summed E-state index contributed by atoms with van der Waals surface area (Å²) in [4.78, 5) is 21.6. The van der Waals surface area contributed by atoms with Gasteiger partial charge in [0.2, 0.25) is 5.79 Å². The average Bonchev–Trinajstić information content (AvgIpc) is 3.88. The lowest BCUT2D eigenvalue weighted by Crippen LogP contribution is -2.46. The summed E-state index contributed by atoms with van der Waals surface area (Å²) in [5.41, 5.74) is 3.64. The molecule has 1 unspecified atom stereocenters. The summed E-state index contributed by atoms with van der Waals surface area (Å²) in [6.07, 6.45) is 5.19. The molecule has 0 bridgehead atoms. The first-order chi connectivity index (χ1) is 23.8. The third-order valence-corrected chi connectivity index (χ3v) is 9.70. The molecule has 14 heteroatoms. The summed E-state index contributed by atoms with van der Waals surface area (Å²) in [5, 5.41) is 9.50. The summed E-state index contributed by atoms with van der Waals surface area (Å²) in [6, 6.07) is 21.6. The SMILES string of the molecule is CC[C@@H](C)n1ncn(-c2ccc(N3CCN(c4ccc(OC[C@@H]5COC(Cn6cncn6)(c6ccc(Cl)cc6Cl)O5)cc4)CC3)cc2)c1=O. The van der Waals surface area contributed by atoms with Gasteiger partial charge in [-0.1, -0.05) is 36.2 Å². The van der Waals surface area contributed by atoms with E-state index in [-0.39, 0.29) is 24.4 Å². The smallest absolute Gasteiger partial charge is 0.350 e. The average molecular weight is 706 g/mol. The van der Waals surface area contributed by atoms with Crippen LogP contribution < -0.4 is 20.2 Å². The van der Waals surface area contributed by atoms with Gasteiger partial charge in [-0.25, -0.2) is 23.7 Å². The molecule has 2 fully saturated rings. The minimum Gasteiger partial charge on any atom is -0.491 e. The van der Waals surface area contributed by atoms with Crippen molar-refractivity contribution in [2.24, 2.45) is 0 Å². The number of benzene rings is 3. The molecule has 3 aromatic carbocycles. The maximum absolute atomic E-state index is 12.8. The molecule has 2 aromatic heterocycles. The zero-order chi connectivity index (χ0) is 34.0. The Balaban J connectivity index is 0.925. The van der Waals surface area contributed by atoms with Gasteiger partial charge in [-0.3, -0.25) is 0 Å². The van der Waals surface area contributed by atoms with Gasteiger partial charge in [-0.15, -0.1) is 0 Å². The molecule has 0 radical (unpaired) electrons. The van der Waals surface area contributed by atoms with Gasteiger partial charge in [-0.05, 0) is 74.0 Å². The van der Waals surface area contributed by atoms with Crippen LogP contribution in [0.1, 0.15) is 31.9 Å². The summed E-state index contributed by atoms with van der Waals surface area (Å²) in [7, 11) is 0. The lowest BCUT2D eigenvalue weighted by atomic mass is 10.1. The Kier molecular flexibility index (Phi) is 9.64. The highest BCUT2D eigenvalue weighted by Gasteiger charge is 2.45. The van der Waals surface area contributed by atoms with Gasteiger partial charge in [0.25, 0.3) is 0 Å². The first-order valence-corrected chi connectivity index (χ1v) is 17.2. The van der Waals surface area contributed by atoms with Crippen LogP contribution in [-0.2, 0) is 21.8 Å². The standard InChI is InChI=1S/C35H38Cl2N8O4/c1-3-25(2)45-34(46)44(24-40-45)29-7-5-27(6-8-29)41-14-16-42(17-15-41)28-9-11-30(12-10-28)47-19-31-20-48-35(49-31,21-43-23-38-22-39-43)32-13-4-26(36)18-33(32)37/h4-13,18,22-25,31H,3,14-17,19-21H2,1-2H3/t25-,31-,35?/m1/s1. The Morgan fingerprint density at radius 1 is 0.918 bits per heavy atom. The van der Waals surface area contributed by atoms with E-state index in [1.54, 1.807) is 34.0 Å². The van der Waals surface area contributed by atoms with E-state index >= 15 is 0 Å². The lowest BCUT2D eigenvalue weighted by molar-refractivity contribution is -0.190. The van der Waals surface area contributed by atoms with Gasteiger partial charge in [-0.2, -0.15) is 10.2 Å². The molecule has 4 heterocycles. The first-order valence-electron chi connectivity index (χ1n) is 16.4. The van der Waals surface area contributed by atoms with Crippen LogP contribution in [0.4, 0.5) is 11.4 Å². The molecule has 0 spiro atoms. The van der Waals surface area contributed by atoms with Crippen LogP contribution in [0, 0.1) is 0 Å². The molecule has 0 amide bonds. The Bertz CT molecular complexity index is 1910. The van der Waals surface area contributed by atoms with Crippen LogP contribution in [0.3, 0.4) is 0 Å². The number of halogens is 2. The van der Waals surface area contributed by atoms with E-state index in [1.165, 1.54) is 11.0 Å². The van der Waals surface area contributed by atoms with E-state index < -0.39 is 5.79 Å². The van der Waals surface area contributed by atoms with E-state index in [0.29, 0.717) is 28.8 Å². The summed E-state index contributed by atoms with van der Waals surface area (Å²) >= 11 is 12.7. The fraction of sp³-hybridized carbons (Fsp3) is 0.371. The van der Waals surface area contributed by atoms with Crippen LogP contribution in [0.15, 0.2) is 90.5 Å². The molecule has 5 aromatic rings. The zero-order valence-corrected chi connectivity index (χ0v) is 28.9.